The number of carbonyl (C=O) groups excluding carboxylic acids is 1. The average Bonchev–Trinajstić information content (AvgIpc) is 2.53. The van der Waals surface area contributed by atoms with Crippen molar-refractivity contribution >= 4 is 23.0 Å². The van der Waals surface area contributed by atoms with Crippen molar-refractivity contribution in [3.63, 3.8) is 0 Å². The van der Waals surface area contributed by atoms with Crippen molar-refractivity contribution in [1.29, 1.82) is 0 Å². The number of amides is 1. The van der Waals surface area contributed by atoms with E-state index in [1.54, 1.807) is 17.9 Å². The molecule has 1 aliphatic heterocycles. The lowest BCUT2D eigenvalue weighted by atomic mass is 9.98. The number of nitrogens with zero attached hydrogens (tertiary/aromatic N) is 2. The number of nitrogen functional groups attached to an aromatic ring is 1. The molecule has 0 fully saturated rings. The Bertz CT molecular complexity index is 635. The van der Waals surface area contributed by atoms with Crippen molar-refractivity contribution in [2.45, 2.75) is 39.7 Å². The van der Waals surface area contributed by atoms with Crippen LogP contribution in [0.3, 0.4) is 0 Å². The van der Waals surface area contributed by atoms with Gasteiger partial charge in [-0.2, -0.15) is 0 Å². The van der Waals surface area contributed by atoms with Gasteiger partial charge in [0.15, 0.2) is 0 Å². The quantitative estimate of drug-likeness (QED) is 0.675. The molecule has 0 saturated heterocycles. The summed E-state index contributed by atoms with van der Waals surface area (Å²) in [6, 6.07) is 5.49. The Morgan fingerprint density at radius 2 is 2.12 bits per heavy atom. The lowest BCUT2D eigenvalue weighted by Gasteiger charge is -2.32. The molecule has 24 heavy (non-hydrogen) atoms. The largest absolute Gasteiger partial charge is 0.758 e. The summed E-state index contributed by atoms with van der Waals surface area (Å²) in [7, 11) is 0. The second-order valence-electron chi connectivity index (χ2n) is 6.87. The van der Waals surface area contributed by atoms with Crippen molar-refractivity contribution in [1.82, 2.24) is 4.90 Å². The molecular formula is C18H26N3O3-. The zero-order chi connectivity index (χ0) is 17.9. The van der Waals surface area contributed by atoms with Gasteiger partial charge in [-0.1, -0.05) is 12.1 Å². The standard InChI is InChI=1S/C18H26N3O3/c1-5-21(23)16-12-14(6-7-15(16)19)13-8-10-20(11-9-13)17(22)24-18(2,3)4/h6-8,12H,5,9-11,19H2,1-4H3/q-1. The maximum Gasteiger partial charge on any atom is 0.410 e. The fraction of sp³-hybridized carbons (Fsp3) is 0.500. The first-order valence-electron chi connectivity index (χ1n) is 8.23. The van der Waals surface area contributed by atoms with Crippen LogP contribution in [0.4, 0.5) is 16.2 Å². The minimum absolute atomic E-state index is 0.299. The van der Waals surface area contributed by atoms with Crippen LogP contribution in [0, 0.1) is 5.21 Å². The molecule has 0 saturated carbocycles. The zero-order valence-electron chi connectivity index (χ0n) is 14.8. The molecule has 1 aromatic carbocycles. The number of benzene rings is 1. The van der Waals surface area contributed by atoms with Gasteiger partial charge in [-0.15, -0.1) is 0 Å². The number of rotatable bonds is 3. The molecule has 0 aromatic heterocycles. The summed E-state index contributed by atoms with van der Waals surface area (Å²) in [4.78, 5) is 13.8. The molecule has 6 nitrogen and oxygen atoms in total. The van der Waals surface area contributed by atoms with E-state index >= 15 is 0 Å². The Hall–Kier alpha value is -2.21. The highest BCUT2D eigenvalue weighted by Gasteiger charge is 2.24. The molecule has 1 heterocycles. The summed E-state index contributed by atoms with van der Waals surface area (Å²) in [5, 5.41) is 12.8. The number of hydrogen-bond donors (Lipinski definition) is 1. The predicted octanol–water partition coefficient (Wildman–Crippen LogP) is 3.62. The second-order valence-corrected chi connectivity index (χ2v) is 6.87. The number of hydrogen-bond acceptors (Lipinski definition) is 5. The molecule has 6 heteroatoms. The Balaban J connectivity index is 2.11. The average molecular weight is 332 g/mol. The molecule has 0 bridgehead atoms. The fourth-order valence-corrected chi connectivity index (χ4v) is 2.55. The molecule has 0 atom stereocenters. The lowest BCUT2D eigenvalue weighted by molar-refractivity contribution is 0.0270. The first-order chi connectivity index (χ1) is 11.2. The van der Waals surface area contributed by atoms with Gasteiger partial charge in [-0.05, 0) is 57.4 Å². The second kappa shape index (κ2) is 7.13. The first kappa shape index (κ1) is 18.1. The maximum absolute atomic E-state index is 12.1. The van der Waals surface area contributed by atoms with Gasteiger partial charge in [0.25, 0.3) is 0 Å². The number of carbonyl (C=O) groups is 1. The van der Waals surface area contributed by atoms with Crippen molar-refractivity contribution in [3.8, 4) is 0 Å². The van der Waals surface area contributed by atoms with E-state index in [1.165, 1.54) is 0 Å². The summed E-state index contributed by atoms with van der Waals surface area (Å²) < 4.78 is 5.39. The van der Waals surface area contributed by atoms with E-state index in [0.29, 0.717) is 37.4 Å². The van der Waals surface area contributed by atoms with Gasteiger partial charge < -0.3 is 25.6 Å². The molecule has 2 N–H and O–H groups in total. The van der Waals surface area contributed by atoms with Crippen molar-refractivity contribution in [3.05, 3.63) is 35.0 Å². The van der Waals surface area contributed by atoms with Crippen molar-refractivity contribution < 1.29 is 9.53 Å². The third-order valence-corrected chi connectivity index (χ3v) is 3.82. The van der Waals surface area contributed by atoms with E-state index in [9.17, 15) is 10.0 Å². The van der Waals surface area contributed by atoms with Crippen LogP contribution in [-0.4, -0.2) is 36.2 Å². The predicted molar refractivity (Wildman–Crippen MR) is 97.6 cm³/mol. The Morgan fingerprint density at radius 1 is 1.42 bits per heavy atom. The van der Waals surface area contributed by atoms with Crippen LogP contribution >= 0.6 is 0 Å². The molecule has 1 amide bonds. The van der Waals surface area contributed by atoms with E-state index in [2.05, 4.69) is 0 Å². The molecule has 0 radical (unpaired) electrons. The van der Waals surface area contributed by atoms with Gasteiger partial charge in [0.1, 0.15) is 5.60 Å². The minimum Gasteiger partial charge on any atom is -0.758 e. The van der Waals surface area contributed by atoms with Crippen LogP contribution in [0.5, 0.6) is 0 Å². The Morgan fingerprint density at radius 3 is 2.67 bits per heavy atom. The summed E-state index contributed by atoms with van der Waals surface area (Å²) in [6.45, 7) is 8.79. The van der Waals surface area contributed by atoms with Gasteiger partial charge in [-0.3, -0.25) is 0 Å². The molecular weight excluding hydrogens is 306 g/mol. The molecule has 1 aromatic rings. The van der Waals surface area contributed by atoms with Crippen LogP contribution < -0.4 is 10.8 Å². The number of hydroxylamine groups is 1. The lowest BCUT2D eigenvalue weighted by Crippen LogP contribution is -2.39. The van der Waals surface area contributed by atoms with E-state index in [1.807, 2.05) is 39.0 Å². The summed E-state index contributed by atoms with van der Waals surface area (Å²) in [5.41, 5.74) is 8.44. The highest BCUT2D eigenvalue weighted by molar-refractivity contribution is 5.78. The van der Waals surface area contributed by atoms with Crippen LogP contribution in [0.1, 0.15) is 39.7 Å². The smallest absolute Gasteiger partial charge is 0.410 e. The zero-order valence-corrected chi connectivity index (χ0v) is 14.8. The maximum atomic E-state index is 12.1. The van der Waals surface area contributed by atoms with Crippen LogP contribution in [0.25, 0.3) is 5.57 Å². The third kappa shape index (κ3) is 4.41. The van der Waals surface area contributed by atoms with E-state index < -0.39 is 5.60 Å². The topological polar surface area (TPSA) is 81.9 Å². The van der Waals surface area contributed by atoms with Crippen LogP contribution in [0.2, 0.25) is 0 Å². The Kier molecular flexibility index (Phi) is 5.39. The molecule has 0 aliphatic carbocycles. The Labute approximate surface area is 143 Å². The third-order valence-electron chi connectivity index (χ3n) is 3.82. The molecule has 132 valence electrons. The first-order valence-corrected chi connectivity index (χ1v) is 8.23. The summed E-state index contributed by atoms with van der Waals surface area (Å²) >= 11 is 0. The molecule has 1 aliphatic rings. The monoisotopic (exact) mass is 332 g/mol. The summed E-state index contributed by atoms with van der Waals surface area (Å²) in [5.74, 6) is 0. The molecule has 2 rings (SSSR count). The van der Waals surface area contributed by atoms with Crippen LogP contribution in [-0.2, 0) is 4.74 Å². The SMILES string of the molecule is CCN([O-])c1cc(C2=CCN(C(=O)OC(C)(C)C)CC2)ccc1N. The van der Waals surface area contributed by atoms with Gasteiger partial charge in [-0.25, -0.2) is 4.79 Å². The summed E-state index contributed by atoms with van der Waals surface area (Å²) in [6.07, 6.45) is 2.42. The van der Waals surface area contributed by atoms with Gasteiger partial charge in [0.2, 0.25) is 0 Å². The van der Waals surface area contributed by atoms with Gasteiger partial charge in [0.05, 0.1) is 5.69 Å². The van der Waals surface area contributed by atoms with Gasteiger partial charge in [0, 0.05) is 25.3 Å². The van der Waals surface area contributed by atoms with E-state index in [-0.39, 0.29) is 6.09 Å². The van der Waals surface area contributed by atoms with Crippen molar-refractivity contribution in [2.75, 3.05) is 30.4 Å². The number of nitrogens with two attached hydrogens (primary N) is 1. The number of anilines is 2. The molecule has 0 unspecified atom stereocenters. The van der Waals surface area contributed by atoms with Gasteiger partial charge >= 0.3 is 6.09 Å². The minimum atomic E-state index is -0.495. The number of ether oxygens (including phenoxy) is 1. The van der Waals surface area contributed by atoms with Crippen LogP contribution in [0.15, 0.2) is 24.3 Å². The normalized spacial score (nSPS) is 15.0. The van der Waals surface area contributed by atoms with E-state index in [0.717, 1.165) is 16.2 Å². The van der Waals surface area contributed by atoms with Crippen molar-refractivity contribution in [2.24, 2.45) is 0 Å². The highest BCUT2D eigenvalue weighted by atomic mass is 16.6. The van der Waals surface area contributed by atoms with E-state index in [4.69, 9.17) is 10.5 Å². The highest BCUT2D eigenvalue weighted by Crippen LogP contribution is 2.30. The molecule has 0 spiro atoms. The fourth-order valence-electron chi connectivity index (χ4n) is 2.55.